The molecule has 6 rings (SSSR count). The van der Waals surface area contributed by atoms with Crippen LogP contribution in [0.1, 0.15) is 70.3 Å². The number of benzene rings is 2. The summed E-state index contributed by atoms with van der Waals surface area (Å²) in [4.78, 5) is 31.8. The smallest absolute Gasteiger partial charge is 0.248 e. The predicted octanol–water partition coefficient (Wildman–Crippen LogP) is 4.99. The fraction of sp³-hybridized carbons (Fsp3) is 0.562. The summed E-state index contributed by atoms with van der Waals surface area (Å²) in [6.45, 7) is 4.95. The number of piperazine rings is 1. The molecule has 0 radical (unpaired) electrons. The molecule has 2 N–H and O–H groups in total. The Morgan fingerprint density at radius 2 is 1.77 bits per heavy atom. The van der Waals surface area contributed by atoms with E-state index in [1.165, 1.54) is 12.0 Å². The van der Waals surface area contributed by atoms with E-state index in [1.54, 1.807) is 0 Å². The lowest BCUT2D eigenvalue weighted by Crippen LogP contribution is -2.75. The van der Waals surface area contributed by atoms with Crippen LogP contribution in [-0.2, 0) is 16.1 Å². The molecule has 208 valence electrons. The van der Waals surface area contributed by atoms with Crippen LogP contribution in [0.3, 0.4) is 0 Å². The van der Waals surface area contributed by atoms with Gasteiger partial charge in [0.15, 0.2) is 0 Å². The zero-order chi connectivity index (χ0) is 27.0. The van der Waals surface area contributed by atoms with Gasteiger partial charge in [0.2, 0.25) is 11.8 Å². The second-order valence-electron chi connectivity index (χ2n) is 11.9. The molecule has 1 spiro atoms. The van der Waals surface area contributed by atoms with Gasteiger partial charge in [0.1, 0.15) is 22.7 Å². The lowest BCUT2D eigenvalue weighted by atomic mass is 9.78. The fourth-order valence-corrected chi connectivity index (χ4v) is 7.17. The lowest BCUT2D eigenvalue weighted by molar-refractivity contribution is -0.166. The van der Waals surface area contributed by atoms with Crippen LogP contribution in [0.5, 0.6) is 0 Å². The third-order valence-electron chi connectivity index (χ3n) is 9.50. The minimum absolute atomic E-state index is 0.0796. The Morgan fingerprint density at radius 3 is 2.54 bits per heavy atom. The average Bonchev–Trinajstić information content (AvgIpc) is 3.34. The molecular weight excluding hydrogens is 490 g/mol. The van der Waals surface area contributed by atoms with Crippen LogP contribution < -0.4 is 5.32 Å². The standard InChI is InChI=1S/C32H41N3O4/c1-2-3-17-35-30(37)28(29(36)23-9-5-4-6-10-23)33-31(38)32(35)15-18-34(19-16-32)21-22-13-14-27-25(20-22)24-11-7-8-12-26(24)39-27/h7-8,11-14,20,23,28-29,36H,2-6,9-10,15-19,21H2,1H3,(H,33,38)/t28-,29-/m1/s1. The molecule has 3 heterocycles. The van der Waals surface area contributed by atoms with Crippen LogP contribution in [0.2, 0.25) is 0 Å². The van der Waals surface area contributed by atoms with Gasteiger partial charge in [-0.2, -0.15) is 0 Å². The number of nitrogens with zero attached hydrogens (tertiary/aromatic N) is 2. The van der Waals surface area contributed by atoms with E-state index in [9.17, 15) is 14.7 Å². The highest BCUT2D eigenvalue weighted by Gasteiger charge is 2.55. The molecule has 7 heteroatoms. The van der Waals surface area contributed by atoms with Crippen LogP contribution in [0, 0.1) is 5.92 Å². The Balaban J connectivity index is 1.17. The topological polar surface area (TPSA) is 86.0 Å². The zero-order valence-electron chi connectivity index (χ0n) is 23.0. The summed E-state index contributed by atoms with van der Waals surface area (Å²) in [7, 11) is 0. The zero-order valence-corrected chi connectivity index (χ0v) is 23.0. The van der Waals surface area contributed by atoms with Crippen LogP contribution >= 0.6 is 0 Å². The first-order valence-corrected chi connectivity index (χ1v) is 14.9. The van der Waals surface area contributed by atoms with Gasteiger partial charge in [-0.25, -0.2) is 0 Å². The fourth-order valence-electron chi connectivity index (χ4n) is 7.17. The number of furan rings is 1. The van der Waals surface area contributed by atoms with Gasteiger partial charge in [0.05, 0.1) is 6.10 Å². The summed E-state index contributed by atoms with van der Waals surface area (Å²) in [5.74, 6) is -0.0857. The number of likely N-dealkylation sites (tertiary alicyclic amines) is 1. The first-order chi connectivity index (χ1) is 19.0. The molecule has 2 saturated heterocycles. The number of para-hydroxylation sites is 1. The van der Waals surface area contributed by atoms with Gasteiger partial charge in [0, 0.05) is 37.0 Å². The normalized spacial score (nSPS) is 23.5. The molecule has 3 aromatic rings. The van der Waals surface area contributed by atoms with Gasteiger partial charge in [-0.1, -0.05) is 56.9 Å². The second kappa shape index (κ2) is 10.9. The molecule has 0 unspecified atom stereocenters. The molecule has 1 aliphatic carbocycles. The van der Waals surface area contributed by atoms with Crippen molar-refractivity contribution in [2.45, 2.75) is 88.9 Å². The molecule has 0 bridgehead atoms. The first kappa shape index (κ1) is 26.3. The number of carbonyl (C=O) groups excluding carboxylic acids is 2. The number of aliphatic hydroxyl groups is 1. The van der Waals surface area contributed by atoms with Gasteiger partial charge in [-0.3, -0.25) is 14.5 Å². The molecule has 39 heavy (non-hydrogen) atoms. The minimum atomic E-state index is -0.823. The van der Waals surface area contributed by atoms with Crippen molar-refractivity contribution in [2.75, 3.05) is 19.6 Å². The van der Waals surface area contributed by atoms with Crippen LogP contribution in [0.15, 0.2) is 46.9 Å². The van der Waals surface area contributed by atoms with Crippen LogP contribution in [-0.4, -0.2) is 64.0 Å². The molecule has 3 aliphatic rings. The third-order valence-corrected chi connectivity index (χ3v) is 9.50. The van der Waals surface area contributed by atoms with Crippen molar-refractivity contribution < 1.29 is 19.1 Å². The van der Waals surface area contributed by atoms with Gasteiger partial charge >= 0.3 is 0 Å². The Labute approximate surface area is 230 Å². The summed E-state index contributed by atoms with van der Waals surface area (Å²) >= 11 is 0. The van der Waals surface area contributed by atoms with Crippen molar-refractivity contribution in [1.82, 2.24) is 15.1 Å². The lowest BCUT2D eigenvalue weighted by Gasteiger charge is -2.52. The number of piperidine rings is 1. The maximum Gasteiger partial charge on any atom is 0.248 e. The highest BCUT2D eigenvalue weighted by molar-refractivity contribution is 6.05. The molecule has 3 fully saturated rings. The Hall–Kier alpha value is -2.90. The largest absolute Gasteiger partial charge is 0.456 e. The van der Waals surface area contributed by atoms with Crippen LogP contribution in [0.4, 0.5) is 0 Å². The van der Waals surface area contributed by atoms with E-state index >= 15 is 0 Å². The maximum absolute atomic E-state index is 13.8. The van der Waals surface area contributed by atoms with Crippen molar-refractivity contribution >= 4 is 33.8 Å². The van der Waals surface area contributed by atoms with E-state index in [-0.39, 0.29) is 17.7 Å². The van der Waals surface area contributed by atoms with E-state index in [0.717, 1.165) is 80.1 Å². The molecule has 2 atom stereocenters. The number of hydrogen-bond acceptors (Lipinski definition) is 5. The van der Waals surface area contributed by atoms with Crippen molar-refractivity contribution in [2.24, 2.45) is 5.92 Å². The SMILES string of the molecule is CCCCN1C(=O)[C@@H]([C@H](O)C2CCCCC2)NC(=O)C12CCN(Cc1ccc3oc4ccccc4c3c1)CC2. The van der Waals surface area contributed by atoms with E-state index in [2.05, 4.69) is 35.3 Å². The number of amides is 2. The second-order valence-corrected chi connectivity index (χ2v) is 11.9. The van der Waals surface area contributed by atoms with Crippen molar-refractivity contribution in [3.05, 3.63) is 48.0 Å². The highest BCUT2D eigenvalue weighted by atomic mass is 16.3. The number of hydrogen-bond donors (Lipinski definition) is 2. The maximum atomic E-state index is 13.8. The average molecular weight is 532 g/mol. The Kier molecular flexibility index (Phi) is 7.38. The van der Waals surface area contributed by atoms with Gasteiger partial charge in [0.25, 0.3) is 0 Å². The number of carbonyl (C=O) groups is 2. The third kappa shape index (κ3) is 4.84. The van der Waals surface area contributed by atoms with Crippen LogP contribution in [0.25, 0.3) is 21.9 Å². The molecule has 2 aromatic carbocycles. The Morgan fingerprint density at radius 1 is 1.03 bits per heavy atom. The summed E-state index contributed by atoms with van der Waals surface area (Å²) in [6, 6.07) is 13.7. The molecule has 2 amide bonds. The molecular formula is C32H41N3O4. The Bertz CT molecular complexity index is 1340. The number of rotatable bonds is 7. The van der Waals surface area contributed by atoms with Crippen molar-refractivity contribution in [3.63, 3.8) is 0 Å². The number of fused-ring (bicyclic) bond motifs is 3. The summed E-state index contributed by atoms with van der Waals surface area (Å²) in [5.41, 5.74) is 2.19. The van der Waals surface area contributed by atoms with E-state index in [0.29, 0.717) is 19.4 Å². The van der Waals surface area contributed by atoms with E-state index in [4.69, 9.17) is 4.42 Å². The molecule has 1 aromatic heterocycles. The van der Waals surface area contributed by atoms with E-state index in [1.807, 2.05) is 29.2 Å². The monoisotopic (exact) mass is 531 g/mol. The number of aliphatic hydroxyl groups excluding tert-OH is 1. The van der Waals surface area contributed by atoms with Gasteiger partial charge < -0.3 is 19.7 Å². The molecule has 7 nitrogen and oxygen atoms in total. The quantitative estimate of drug-likeness (QED) is 0.449. The summed E-state index contributed by atoms with van der Waals surface area (Å²) < 4.78 is 5.99. The highest BCUT2D eigenvalue weighted by Crippen LogP contribution is 2.37. The number of unbranched alkanes of at least 4 members (excludes halogenated alkanes) is 1. The summed E-state index contributed by atoms with van der Waals surface area (Å²) in [5, 5.41) is 16.4. The van der Waals surface area contributed by atoms with Gasteiger partial charge in [-0.05, 0) is 61.8 Å². The summed E-state index contributed by atoms with van der Waals surface area (Å²) in [6.07, 6.45) is 7.42. The molecule has 2 aliphatic heterocycles. The van der Waals surface area contributed by atoms with Gasteiger partial charge in [-0.15, -0.1) is 0 Å². The minimum Gasteiger partial charge on any atom is -0.456 e. The first-order valence-electron chi connectivity index (χ1n) is 14.9. The van der Waals surface area contributed by atoms with E-state index < -0.39 is 17.7 Å². The number of nitrogens with one attached hydrogen (secondary N) is 1. The molecule has 1 saturated carbocycles. The van der Waals surface area contributed by atoms with Crippen molar-refractivity contribution in [3.8, 4) is 0 Å². The predicted molar refractivity (Wildman–Crippen MR) is 152 cm³/mol. The van der Waals surface area contributed by atoms with Crippen molar-refractivity contribution in [1.29, 1.82) is 0 Å².